The minimum atomic E-state index is -0.963. The summed E-state index contributed by atoms with van der Waals surface area (Å²) in [4.78, 5) is 24.7. The fourth-order valence-electron chi connectivity index (χ4n) is 2.35. The number of aryl methyl sites for hydroxylation is 2. The van der Waals surface area contributed by atoms with Gasteiger partial charge in [0.2, 0.25) is 0 Å². The molecule has 0 atom stereocenters. The van der Waals surface area contributed by atoms with Crippen LogP contribution in [0.25, 0.3) is 10.2 Å². The maximum Gasteiger partial charge on any atom is 0.335 e. The van der Waals surface area contributed by atoms with Crippen LogP contribution in [0.2, 0.25) is 0 Å². The molecule has 1 aromatic carbocycles. The number of amides is 1. The number of nitrogens with one attached hydrogen (secondary N) is 1. The predicted octanol–water partition coefficient (Wildman–Crippen LogP) is 2.57. The van der Waals surface area contributed by atoms with Crippen molar-refractivity contribution in [2.24, 2.45) is 7.05 Å². The average molecular weight is 329 g/mol. The molecular weight excluding hydrogens is 314 g/mol. The van der Waals surface area contributed by atoms with Crippen molar-refractivity contribution in [3.05, 3.63) is 52.0 Å². The number of carboxylic acid groups (broad SMARTS) is 1. The summed E-state index contributed by atoms with van der Waals surface area (Å²) in [6, 6.07) is 8.30. The summed E-state index contributed by atoms with van der Waals surface area (Å²) < 4.78 is 1.77. The maximum absolute atomic E-state index is 12.3. The second-order valence-electron chi connectivity index (χ2n) is 5.22. The van der Waals surface area contributed by atoms with E-state index in [2.05, 4.69) is 10.4 Å². The van der Waals surface area contributed by atoms with E-state index in [-0.39, 0.29) is 11.5 Å². The lowest BCUT2D eigenvalue weighted by Crippen LogP contribution is -2.21. The van der Waals surface area contributed by atoms with Gasteiger partial charge in [-0.15, -0.1) is 11.3 Å². The maximum atomic E-state index is 12.3. The lowest BCUT2D eigenvalue weighted by Gasteiger charge is -2.04. The standard InChI is InChI=1S/C16H15N3O3S/c1-9-12-7-13(23-15(12)19(2)18-9)14(20)17-8-10-3-5-11(6-4-10)16(21)22/h3-7H,8H2,1-2H3,(H,17,20)(H,21,22). The summed E-state index contributed by atoms with van der Waals surface area (Å²) in [6.07, 6.45) is 0. The van der Waals surface area contributed by atoms with Crippen LogP contribution in [0, 0.1) is 6.92 Å². The summed E-state index contributed by atoms with van der Waals surface area (Å²) in [5.74, 6) is -1.11. The van der Waals surface area contributed by atoms with Crippen molar-refractivity contribution < 1.29 is 14.7 Å². The van der Waals surface area contributed by atoms with E-state index in [0.717, 1.165) is 21.5 Å². The smallest absolute Gasteiger partial charge is 0.335 e. The molecule has 0 aliphatic heterocycles. The van der Waals surface area contributed by atoms with Crippen molar-refractivity contribution in [2.75, 3.05) is 0 Å². The third-order valence-electron chi connectivity index (χ3n) is 3.57. The minimum Gasteiger partial charge on any atom is -0.478 e. The Balaban J connectivity index is 1.70. The molecule has 6 nitrogen and oxygen atoms in total. The first kappa shape index (κ1) is 15.2. The van der Waals surface area contributed by atoms with Crippen molar-refractivity contribution in [3.8, 4) is 0 Å². The summed E-state index contributed by atoms with van der Waals surface area (Å²) >= 11 is 1.41. The molecule has 2 heterocycles. The number of nitrogens with zero attached hydrogens (tertiary/aromatic N) is 2. The van der Waals surface area contributed by atoms with Gasteiger partial charge in [-0.05, 0) is 30.7 Å². The van der Waals surface area contributed by atoms with Gasteiger partial charge in [0.15, 0.2) is 0 Å². The fourth-order valence-corrected chi connectivity index (χ4v) is 3.39. The zero-order valence-electron chi connectivity index (χ0n) is 12.7. The highest BCUT2D eigenvalue weighted by Gasteiger charge is 2.14. The second kappa shape index (κ2) is 5.85. The van der Waals surface area contributed by atoms with E-state index in [1.54, 1.807) is 16.8 Å². The largest absolute Gasteiger partial charge is 0.478 e. The van der Waals surface area contributed by atoms with E-state index >= 15 is 0 Å². The van der Waals surface area contributed by atoms with Crippen LogP contribution in [-0.4, -0.2) is 26.8 Å². The molecule has 2 N–H and O–H groups in total. The van der Waals surface area contributed by atoms with Crippen molar-refractivity contribution in [2.45, 2.75) is 13.5 Å². The lowest BCUT2D eigenvalue weighted by molar-refractivity contribution is 0.0696. The first-order valence-corrected chi connectivity index (χ1v) is 7.81. The van der Waals surface area contributed by atoms with Crippen LogP contribution < -0.4 is 5.32 Å². The second-order valence-corrected chi connectivity index (χ2v) is 6.25. The normalized spacial score (nSPS) is 10.9. The number of aromatic carboxylic acids is 1. The van der Waals surface area contributed by atoms with E-state index < -0.39 is 5.97 Å². The van der Waals surface area contributed by atoms with Crippen molar-refractivity contribution in [3.63, 3.8) is 0 Å². The number of fused-ring (bicyclic) bond motifs is 1. The van der Waals surface area contributed by atoms with Crippen molar-refractivity contribution in [1.29, 1.82) is 0 Å². The van der Waals surface area contributed by atoms with Gasteiger partial charge in [-0.2, -0.15) is 5.10 Å². The topological polar surface area (TPSA) is 84.2 Å². The molecule has 0 bridgehead atoms. The molecule has 0 aliphatic carbocycles. The van der Waals surface area contributed by atoms with Gasteiger partial charge in [-0.1, -0.05) is 12.1 Å². The predicted molar refractivity (Wildman–Crippen MR) is 87.9 cm³/mol. The minimum absolute atomic E-state index is 0.145. The molecule has 0 saturated carbocycles. The molecule has 0 radical (unpaired) electrons. The number of carboxylic acids is 1. The number of benzene rings is 1. The molecule has 0 saturated heterocycles. The highest BCUT2D eigenvalue weighted by atomic mass is 32.1. The molecular formula is C16H15N3O3S. The van der Waals surface area contributed by atoms with Gasteiger partial charge in [-0.25, -0.2) is 4.79 Å². The van der Waals surface area contributed by atoms with E-state index in [1.807, 2.05) is 20.0 Å². The number of hydrogen-bond donors (Lipinski definition) is 2. The molecule has 3 aromatic rings. The van der Waals surface area contributed by atoms with Crippen LogP contribution in [0.1, 0.15) is 31.3 Å². The van der Waals surface area contributed by atoms with Gasteiger partial charge in [0.25, 0.3) is 5.91 Å². The number of aromatic nitrogens is 2. The van der Waals surface area contributed by atoms with E-state index in [0.29, 0.717) is 11.4 Å². The molecule has 118 valence electrons. The first-order chi connectivity index (χ1) is 11.0. The molecule has 0 aliphatic rings. The molecule has 1 amide bonds. The lowest BCUT2D eigenvalue weighted by atomic mass is 10.1. The van der Waals surface area contributed by atoms with Gasteiger partial charge in [0.1, 0.15) is 4.83 Å². The van der Waals surface area contributed by atoms with Gasteiger partial charge in [-0.3, -0.25) is 9.48 Å². The molecule has 0 unspecified atom stereocenters. The van der Waals surface area contributed by atoms with Crippen LogP contribution >= 0.6 is 11.3 Å². The Kier molecular flexibility index (Phi) is 3.87. The van der Waals surface area contributed by atoms with Crippen LogP contribution in [0.15, 0.2) is 30.3 Å². The molecule has 7 heteroatoms. The number of rotatable bonds is 4. The zero-order chi connectivity index (χ0) is 16.6. The van der Waals surface area contributed by atoms with Gasteiger partial charge in [0, 0.05) is 19.0 Å². The summed E-state index contributed by atoms with van der Waals surface area (Å²) in [7, 11) is 1.86. The van der Waals surface area contributed by atoms with Crippen molar-refractivity contribution in [1.82, 2.24) is 15.1 Å². The Morgan fingerprint density at radius 1 is 1.30 bits per heavy atom. The Hall–Kier alpha value is -2.67. The first-order valence-electron chi connectivity index (χ1n) is 6.99. The molecule has 2 aromatic heterocycles. The van der Waals surface area contributed by atoms with Crippen LogP contribution in [0.3, 0.4) is 0 Å². The SMILES string of the molecule is Cc1nn(C)c2sc(C(=O)NCc3ccc(C(=O)O)cc3)cc12. The van der Waals surface area contributed by atoms with Crippen LogP contribution in [0.4, 0.5) is 0 Å². The highest BCUT2D eigenvalue weighted by Crippen LogP contribution is 2.27. The number of carbonyl (C=O) groups is 2. The van der Waals surface area contributed by atoms with Gasteiger partial charge in [0.05, 0.1) is 16.1 Å². The van der Waals surface area contributed by atoms with Crippen LogP contribution in [-0.2, 0) is 13.6 Å². The number of thiophene rings is 1. The van der Waals surface area contributed by atoms with E-state index in [4.69, 9.17) is 5.11 Å². The Bertz CT molecular complexity index is 859. The molecule has 23 heavy (non-hydrogen) atoms. The summed E-state index contributed by atoms with van der Waals surface area (Å²) in [6.45, 7) is 2.27. The summed E-state index contributed by atoms with van der Waals surface area (Å²) in [5.41, 5.74) is 1.98. The van der Waals surface area contributed by atoms with Crippen molar-refractivity contribution >= 4 is 33.4 Å². The monoisotopic (exact) mass is 329 g/mol. The average Bonchev–Trinajstić information content (AvgIpc) is 3.07. The van der Waals surface area contributed by atoms with Gasteiger partial charge < -0.3 is 10.4 Å². The Morgan fingerprint density at radius 2 is 2.00 bits per heavy atom. The third kappa shape index (κ3) is 2.95. The third-order valence-corrected chi connectivity index (χ3v) is 4.77. The molecule has 3 rings (SSSR count). The van der Waals surface area contributed by atoms with E-state index in [9.17, 15) is 9.59 Å². The number of hydrogen-bond acceptors (Lipinski definition) is 4. The highest BCUT2D eigenvalue weighted by molar-refractivity contribution is 7.20. The van der Waals surface area contributed by atoms with Gasteiger partial charge >= 0.3 is 5.97 Å². The molecule has 0 fully saturated rings. The fraction of sp³-hybridized carbons (Fsp3) is 0.188. The quantitative estimate of drug-likeness (QED) is 0.770. The summed E-state index contributed by atoms with van der Waals surface area (Å²) in [5, 5.41) is 17.0. The zero-order valence-corrected chi connectivity index (χ0v) is 13.5. The van der Waals surface area contributed by atoms with Crippen LogP contribution in [0.5, 0.6) is 0 Å². The molecule has 0 spiro atoms. The number of carbonyl (C=O) groups excluding carboxylic acids is 1. The van der Waals surface area contributed by atoms with E-state index in [1.165, 1.54) is 23.5 Å². The Labute approximate surface area is 136 Å². The Morgan fingerprint density at radius 3 is 2.61 bits per heavy atom.